The maximum Gasteiger partial charge on any atom is 0.122 e. The van der Waals surface area contributed by atoms with E-state index in [-0.39, 0.29) is 0 Å². The molecule has 2 heterocycles. The highest BCUT2D eigenvalue weighted by Crippen LogP contribution is 2.27. The zero-order valence-corrected chi connectivity index (χ0v) is 11.1. The molecule has 1 unspecified atom stereocenters. The molecule has 100 valence electrons. The first-order valence-corrected chi connectivity index (χ1v) is 6.70. The van der Waals surface area contributed by atoms with Crippen LogP contribution in [0.1, 0.15) is 35.0 Å². The second-order valence-electron chi connectivity index (χ2n) is 5.09. The van der Waals surface area contributed by atoms with Crippen LogP contribution in [0, 0.1) is 6.92 Å². The molecular formula is C16H18O3. The van der Waals surface area contributed by atoms with Crippen LogP contribution in [0.3, 0.4) is 0 Å². The minimum Gasteiger partial charge on any atom is -0.493 e. The maximum atomic E-state index is 10.1. The quantitative estimate of drug-likeness (QED) is 0.915. The number of fused-ring (bicyclic) bond motifs is 1. The van der Waals surface area contributed by atoms with Gasteiger partial charge in [0.05, 0.1) is 19.0 Å². The summed E-state index contributed by atoms with van der Waals surface area (Å²) in [5.41, 5.74) is 3.40. The number of aliphatic hydroxyl groups excluding tert-OH is 1. The smallest absolute Gasteiger partial charge is 0.122 e. The summed E-state index contributed by atoms with van der Waals surface area (Å²) < 4.78 is 10.7. The van der Waals surface area contributed by atoms with Crippen molar-refractivity contribution in [2.24, 2.45) is 0 Å². The van der Waals surface area contributed by atoms with Crippen molar-refractivity contribution in [3.05, 3.63) is 53.0 Å². The summed E-state index contributed by atoms with van der Waals surface area (Å²) in [4.78, 5) is 0. The predicted molar refractivity (Wildman–Crippen MR) is 72.4 cm³/mol. The van der Waals surface area contributed by atoms with Crippen molar-refractivity contribution in [1.82, 2.24) is 0 Å². The fourth-order valence-electron chi connectivity index (χ4n) is 2.50. The molecule has 2 aromatic rings. The van der Waals surface area contributed by atoms with E-state index >= 15 is 0 Å². The second-order valence-corrected chi connectivity index (χ2v) is 5.09. The van der Waals surface area contributed by atoms with Gasteiger partial charge in [-0.2, -0.15) is 0 Å². The van der Waals surface area contributed by atoms with Crippen LogP contribution in [0.15, 0.2) is 34.9 Å². The van der Waals surface area contributed by atoms with Gasteiger partial charge >= 0.3 is 0 Å². The maximum absolute atomic E-state index is 10.1. The third kappa shape index (κ3) is 2.66. The van der Waals surface area contributed by atoms with Crippen molar-refractivity contribution in [3.8, 4) is 5.75 Å². The minimum atomic E-state index is -0.457. The molecule has 19 heavy (non-hydrogen) atoms. The van der Waals surface area contributed by atoms with Crippen LogP contribution < -0.4 is 4.74 Å². The number of aliphatic hydroxyl groups is 1. The molecule has 3 nitrogen and oxygen atoms in total. The van der Waals surface area contributed by atoms with Crippen LogP contribution in [0.4, 0.5) is 0 Å². The Kier molecular flexibility index (Phi) is 3.30. The van der Waals surface area contributed by atoms with Crippen LogP contribution in [0.5, 0.6) is 5.75 Å². The van der Waals surface area contributed by atoms with Crippen LogP contribution in [0.25, 0.3) is 0 Å². The van der Waals surface area contributed by atoms with Gasteiger partial charge in [-0.15, -0.1) is 0 Å². The van der Waals surface area contributed by atoms with Gasteiger partial charge < -0.3 is 14.3 Å². The SMILES string of the molecule is Cc1cc(C(O)CCc2ccc3c(c2)CCO3)co1. The molecule has 0 saturated carbocycles. The highest BCUT2D eigenvalue weighted by atomic mass is 16.5. The Balaban J connectivity index is 1.63. The number of aryl methyl sites for hydroxylation is 2. The lowest BCUT2D eigenvalue weighted by atomic mass is 10.0. The molecule has 0 radical (unpaired) electrons. The van der Waals surface area contributed by atoms with E-state index in [1.807, 2.05) is 19.1 Å². The van der Waals surface area contributed by atoms with Gasteiger partial charge in [-0.25, -0.2) is 0 Å². The topological polar surface area (TPSA) is 42.6 Å². The number of hydrogen-bond acceptors (Lipinski definition) is 3. The highest BCUT2D eigenvalue weighted by molar-refractivity contribution is 5.39. The van der Waals surface area contributed by atoms with Crippen molar-refractivity contribution in [3.63, 3.8) is 0 Å². The Morgan fingerprint density at radius 1 is 1.32 bits per heavy atom. The molecule has 3 heteroatoms. The molecule has 1 N–H and O–H groups in total. The molecule has 1 aromatic carbocycles. The van der Waals surface area contributed by atoms with Crippen LogP contribution >= 0.6 is 0 Å². The molecule has 1 aliphatic rings. The monoisotopic (exact) mass is 258 g/mol. The van der Waals surface area contributed by atoms with E-state index in [1.54, 1.807) is 6.26 Å². The average molecular weight is 258 g/mol. The normalized spacial score (nSPS) is 15.1. The lowest BCUT2D eigenvalue weighted by Crippen LogP contribution is -1.98. The van der Waals surface area contributed by atoms with Crippen LogP contribution in [-0.2, 0) is 12.8 Å². The Morgan fingerprint density at radius 2 is 2.21 bits per heavy atom. The molecule has 0 amide bonds. The van der Waals surface area contributed by atoms with Crippen LogP contribution in [-0.4, -0.2) is 11.7 Å². The summed E-state index contributed by atoms with van der Waals surface area (Å²) in [6.45, 7) is 2.67. The van der Waals surface area contributed by atoms with E-state index in [4.69, 9.17) is 9.15 Å². The van der Waals surface area contributed by atoms with Crippen molar-refractivity contribution in [2.45, 2.75) is 32.3 Å². The first kappa shape index (κ1) is 12.3. The molecule has 3 rings (SSSR count). The van der Waals surface area contributed by atoms with Gasteiger partial charge in [0.1, 0.15) is 11.5 Å². The molecule has 0 spiro atoms. The first-order valence-electron chi connectivity index (χ1n) is 6.70. The van der Waals surface area contributed by atoms with Gasteiger partial charge in [-0.3, -0.25) is 0 Å². The lowest BCUT2D eigenvalue weighted by molar-refractivity contribution is 0.167. The van der Waals surface area contributed by atoms with E-state index in [0.717, 1.165) is 36.5 Å². The summed E-state index contributed by atoms with van der Waals surface area (Å²) in [6, 6.07) is 8.19. The zero-order valence-electron chi connectivity index (χ0n) is 11.1. The predicted octanol–water partition coefficient (Wildman–Crippen LogP) is 3.19. The van der Waals surface area contributed by atoms with E-state index < -0.39 is 6.10 Å². The largest absolute Gasteiger partial charge is 0.493 e. The van der Waals surface area contributed by atoms with Crippen molar-refractivity contribution in [1.29, 1.82) is 0 Å². The number of ether oxygens (including phenoxy) is 1. The molecule has 0 aliphatic carbocycles. The zero-order chi connectivity index (χ0) is 13.2. The Hall–Kier alpha value is -1.74. The standard InChI is InChI=1S/C16H18O3/c1-11-8-14(10-19-11)15(17)4-2-12-3-5-16-13(9-12)6-7-18-16/h3,5,8-10,15,17H,2,4,6-7H2,1H3. The number of benzene rings is 1. The van der Waals surface area contributed by atoms with Crippen LogP contribution in [0.2, 0.25) is 0 Å². The molecule has 1 atom stereocenters. The van der Waals surface area contributed by atoms with Gasteiger partial charge in [0.25, 0.3) is 0 Å². The fraction of sp³-hybridized carbons (Fsp3) is 0.375. The summed E-state index contributed by atoms with van der Waals surface area (Å²) in [6.07, 6.45) is 3.74. The van der Waals surface area contributed by atoms with Crippen molar-refractivity contribution in [2.75, 3.05) is 6.61 Å². The summed E-state index contributed by atoms with van der Waals surface area (Å²) >= 11 is 0. The van der Waals surface area contributed by atoms with E-state index in [2.05, 4.69) is 12.1 Å². The molecule has 0 bridgehead atoms. The molecule has 0 fully saturated rings. The summed E-state index contributed by atoms with van der Waals surface area (Å²) in [5, 5.41) is 10.1. The Labute approximate surface area is 112 Å². The average Bonchev–Trinajstić information content (AvgIpc) is 3.03. The molecule has 1 aliphatic heterocycles. The molecule has 1 aromatic heterocycles. The van der Waals surface area contributed by atoms with Gasteiger partial charge in [0.2, 0.25) is 0 Å². The minimum absolute atomic E-state index is 0.457. The number of rotatable bonds is 4. The summed E-state index contributed by atoms with van der Waals surface area (Å²) in [5.74, 6) is 1.85. The van der Waals surface area contributed by atoms with Gasteiger partial charge in [-0.05, 0) is 43.0 Å². The Morgan fingerprint density at radius 3 is 3.00 bits per heavy atom. The van der Waals surface area contributed by atoms with Gasteiger partial charge in [-0.1, -0.05) is 12.1 Å². The fourth-order valence-corrected chi connectivity index (χ4v) is 2.50. The van der Waals surface area contributed by atoms with Crippen molar-refractivity contribution < 1.29 is 14.3 Å². The number of hydrogen-bond donors (Lipinski definition) is 1. The molecular weight excluding hydrogens is 240 g/mol. The van der Waals surface area contributed by atoms with E-state index in [0.29, 0.717) is 6.42 Å². The first-order chi connectivity index (χ1) is 9.22. The van der Waals surface area contributed by atoms with E-state index in [1.165, 1.54) is 11.1 Å². The third-order valence-electron chi connectivity index (χ3n) is 3.60. The lowest BCUT2D eigenvalue weighted by Gasteiger charge is -2.09. The third-order valence-corrected chi connectivity index (χ3v) is 3.60. The van der Waals surface area contributed by atoms with Gasteiger partial charge in [0.15, 0.2) is 0 Å². The number of furan rings is 1. The highest BCUT2D eigenvalue weighted by Gasteiger charge is 2.14. The second kappa shape index (κ2) is 5.10. The summed E-state index contributed by atoms with van der Waals surface area (Å²) in [7, 11) is 0. The molecule has 0 saturated heterocycles. The Bertz CT molecular complexity index is 571. The van der Waals surface area contributed by atoms with E-state index in [9.17, 15) is 5.11 Å². The van der Waals surface area contributed by atoms with Gasteiger partial charge in [0, 0.05) is 12.0 Å². The van der Waals surface area contributed by atoms with Crippen molar-refractivity contribution >= 4 is 0 Å².